The molecule has 28 heavy (non-hydrogen) atoms. The highest BCUT2D eigenvalue weighted by Gasteiger charge is 2.58. The lowest BCUT2D eigenvalue weighted by molar-refractivity contribution is 0.244. The van der Waals surface area contributed by atoms with Crippen LogP contribution in [-0.4, -0.2) is 59.7 Å². The van der Waals surface area contributed by atoms with Crippen LogP contribution < -0.4 is 0 Å². The van der Waals surface area contributed by atoms with Crippen molar-refractivity contribution in [3.8, 4) is 0 Å². The Morgan fingerprint density at radius 1 is 1.25 bits per heavy atom. The smallest absolute Gasteiger partial charge is 0.235 e. The average molecular weight is 412 g/mol. The van der Waals surface area contributed by atoms with Crippen LogP contribution in [0, 0.1) is 24.5 Å². The molecule has 10 heteroatoms. The summed E-state index contributed by atoms with van der Waals surface area (Å²) in [5, 5.41) is 3.89. The lowest BCUT2D eigenvalue weighted by Crippen LogP contribution is -2.40. The number of sulfonamides is 1. The first-order valence-electron chi connectivity index (χ1n) is 9.18. The maximum absolute atomic E-state index is 13.5. The van der Waals surface area contributed by atoms with Gasteiger partial charge in [-0.2, -0.15) is 4.98 Å². The standard InChI is InChI=1S/C18H22F2N4O3S/c1-3-28(25,26)24-9-14-8-23(7-13-4-5-15(19)16(20)6-13)10-18(14,11-24)17-21-12(2)22-27-17/h4-6,14H,3,7-11H2,1-2H3/t14-,18-/m0/s1. The first-order chi connectivity index (χ1) is 13.2. The highest BCUT2D eigenvalue weighted by molar-refractivity contribution is 7.89. The number of hydrogen-bond donors (Lipinski definition) is 0. The summed E-state index contributed by atoms with van der Waals surface area (Å²) < 4.78 is 58.6. The predicted octanol–water partition coefficient (Wildman–Crippen LogP) is 1.69. The van der Waals surface area contributed by atoms with E-state index in [1.54, 1.807) is 19.9 Å². The third kappa shape index (κ3) is 3.23. The van der Waals surface area contributed by atoms with E-state index in [0.717, 1.165) is 6.07 Å². The minimum absolute atomic E-state index is 0.0148. The molecule has 0 bridgehead atoms. The van der Waals surface area contributed by atoms with Gasteiger partial charge in [0.05, 0.1) is 11.2 Å². The molecule has 152 valence electrons. The molecule has 1 aromatic carbocycles. The Bertz CT molecular complexity index is 996. The highest BCUT2D eigenvalue weighted by Crippen LogP contribution is 2.45. The van der Waals surface area contributed by atoms with E-state index >= 15 is 0 Å². The summed E-state index contributed by atoms with van der Waals surface area (Å²) in [5.74, 6) is -0.786. The Labute approximate surface area is 162 Å². The Morgan fingerprint density at radius 3 is 2.68 bits per heavy atom. The molecule has 0 aliphatic carbocycles. The number of aryl methyl sites for hydroxylation is 1. The molecule has 7 nitrogen and oxygen atoms in total. The topological polar surface area (TPSA) is 79.5 Å². The molecule has 0 spiro atoms. The summed E-state index contributed by atoms with van der Waals surface area (Å²) in [6, 6.07) is 3.87. The molecule has 0 amide bonds. The van der Waals surface area contributed by atoms with Gasteiger partial charge in [0, 0.05) is 38.6 Å². The number of nitrogens with zero attached hydrogens (tertiary/aromatic N) is 4. The maximum atomic E-state index is 13.5. The van der Waals surface area contributed by atoms with Crippen LogP contribution in [0.5, 0.6) is 0 Å². The molecule has 2 aromatic rings. The van der Waals surface area contributed by atoms with E-state index in [2.05, 4.69) is 15.0 Å². The average Bonchev–Trinajstić information content (AvgIpc) is 3.31. The Morgan fingerprint density at radius 2 is 2.04 bits per heavy atom. The van der Waals surface area contributed by atoms with Gasteiger partial charge in [0.2, 0.25) is 15.9 Å². The zero-order chi connectivity index (χ0) is 20.1. The number of aromatic nitrogens is 2. The summed E-state index contributed by atoms with van der Waals surface area (Å²) in [7, 11) is -3.33. The van der Waals surface area contributed by atoms with E-state index in [1.165, 1.54) is 10.4 Å². The van der Waals surface area contributed by atoms with Gasteiger partial charge in [-0.05, 0) is 31.5 Å². The highest BCUT2D eigenvalue weighted by atomic mass is 32.2. The molecule has 0 N–H and O–H groups in total. The normalized spacial score (nSPS) is 26.1. The molecule has 3 heterocycles. The second kappa shape index (κ2) is 6.85. The van der Waals surface area contributed by atoms with Gasteiger partial charge in [-0.25, -0.2) is 21.5 Å². The van der Waals surface area contributed by atoms with Gasteiger partial charge in [0.25, 0.3) is 0 Å². The van der Waals surface area contributed by atoms with Crippen molar-refractivity contribution in [2.24, 2.45) is 5.92 Å². The molecule has 2 fully saturated rings. The second-order valence-corrected chi connectivity index (χ2v) is 9.87. The summed E-state index contributed by atoms with van der Waals surface area (Å²) in [6.45, 7) is 5.56. The van der Waals surface area contributed by atoms with Crippen molar-refractivity contribution in [2.45, 2.75) is 25.8 Å². The van der Waals surface area contributed by atoms with Gasteiger partial charge in [-0.3, -0.25) is 4.90 Å². The summed E-state index contributed by atoms with van der Waals surface area (Å²) in [6.07, 6.45) is 0. The molecule has 0 radical (unpaired) electrons. The van der Waals surface area contributed by atoms with E-state index < -0.39 is 27.1 Å². The molecular weight excluding hydrogens is 390 g/mol. The molecular formula is C18H22F2N4O3S. The number of likely N-dealkylation sites (tertiary alicyclic amines) is 1. The monoisotopic (exact) mass is 412 g/mol. The third-order valence-corrected chi connectivity index (χ3v) is 7.54. The molecule has 0 saturated carbocycles. The van der Waals surface area contributed by atoms with E-state index in [9.17, 15) is 17.2 Å². The van der Waals surface area contributed by atoms with Crippen molar-refractivity contribution in [1.29, 1.82) is 0 Å². The predicted molar refractivity (Wildman–Crippen MR) is 96.9 cm³/mol. The lowest BCUT2D eigenvalue weighted by atomic mass is 9.81. The molecule has 4 rings (SSSR count). The van der Waals surface area contributed by atoms with Crippen molar-refractivity contribution in [2.75, 3.05) is 31.9 Å². The van der Waals surface area contributed by atoms with Crippen LogP contribution in [0.3, 0.4) is 0 Å². The Balaban J connectivity index is 1.61. The first kappa shape index (κ1) is 19.4. The van der Waals surface area contributed by atoms with Crippen molar-refractivity contribution in [3.63, 3.8) is 0 Å². The van der Waals surface area contributed by atoms with E-state index in [4.69, 9.17) is 4.52 Å². The van der Waals surface area contributed by atoms with Crippen molar-refractivity contribution >= 4 is 10.0 Å². The second-order valence-electron chi connectivity index (χ2n) is 7.61. The minimum Gasteiger partial charge on any atom is -0.339 e. The molecule has 2 aliphatic heterocycles. The van der Waals surface area contributed by atoms with Gasteiger partial charge < -0.3 is 4.52 Å². The van der Waals surface area contributed by atoms with Crippen LogP contribution in [0.15, 0.2) is 22.7 Å². The zero-order valence-electron chi connectivity index (χ0n) is 15.7. The summed E-state index contributed by atoms with van der Waals surface area (Å²) in [5.41, 5.74) is 0.0657. The fourth-order valence-electron chi connectivity index (χ4n) is 4.34. The van der Waals surface area contributed by atoms with Gasteiger partial charge in [-0.15, -0.1) is 0 Å². The van der Waals surface area contributed by atoms with E-state index in [1.807, 2.05) is 0 Å². The van der Waals surface area contributed by atoms with Gasteiger partial charge in [0.15, 0.2) is 17.5 Å². The van der Waals surface area contributed by atoms with Crippen molar-refractivity contribution in [3.05, 3.63) is 47.1 Å². The van der Waals surface area contributed by atoms with Crippen LogP contribution >= 0.6 is 0 Å². The summed E-state index contributed by atoms with van der Waals surface area (Å²) >= 11 is 0. The van der Waals surface area contributed by atoms with Crippen LogP contribution in [-0.2, 0) is 22.0 Å². The zero-order valence-corrected chi connectivity index (χ0v) is 16.5. The van der Waals surface area contributed by atoms with Crippen LogP contribution in [0.1, 0.15) is 24.2 Å². The number of rotatable bonds is 5. The van der Waals surface area contributed by atoms with Crippen LogP contribution in [0.4, 0.5) is 8.78 Å². The lowest BCUT2D eigenvalue weighted by Gasteiger charge is -2.25. The maximum Gasteiger partial charge on any atom is 0.235 e. The molecule has 2 atom stereocenters. The van der Waals surface area contributed by atoms with Gasteiger partial charge in [-0.1, -0.05) is 11.2 Å². The largest absolute Gasteiger partial charge is 0.339 e. The summed E-state index contributed by atoms with van der Waals surface area (Å²) in [4.78, 5) is 6.50. The number of hydrogen-bond acceptors (Lipinski definition) is 6. The third-order valence-electron chi connectivity index (χ3n) is 5.75. The van der Waals surface area contributed by atoms with Crippen molar-refractivity contribution < 1.29 is 21.7 Å². The molecule has 2 aliphatic rings. The quantitative estimate of drug-likeness (QED) is 0.744. The fourth-order valence-corrected chi connectivity index (χ4v) is 5.54. The van der Waals surface area contributed by atoms with E-state index in [-0.39, 0.29) is 18.2 Å². The number of halogens is 2. The van der Waals surface area contributed by atoms with Gasteiger partial charge in [0.1, 0.15) is 0 Å². The first-order valence-corrected chi connectivity index (χ1v) is 10.8. The van der Waals surface area contributed by atoms with Crippen LogP contribution in [0.2, 0.25) is 0 Å². The Hall–Kier alpha value is -1.91. The van der Waals surface area contributed by atoms with Crippen molar-refractivity contribution in [1.82, 2.24) is 19.3 Å². The fraction of sp³-hybridized carbons (Fsp3) is 0.556. The minimum atomic E-state index is -3.33. The number of benzene rings is 1. The SMILES string of the molecule is CCS(=O)(=O)N1C[C@@H]2CN(Cc3ccc(F)c(F)c3)C[C@]2(c2nc(C)no2)C1. The van der Waals surface area contributed by atoms with Gasteiger partial charge >= 0.3 is 0 Å². The molecule has 0 unspecified atom stereocenters. The van der Waals surface area contributed by atoms with Crippen LogP contribution in [0.25, 0.3) is 0 Å². The molecule has 2 saturated heterocycles. The molecule has 1 aromatic heterocycles. The van der Waals surface area contributed by atoms with E-state index in [0.29, 0.717) is 43.5 Å². The Kier molecular flexibility index (Phi) is 4.75. The number of fused-ring (bicyclic) bond motifs is 1.